The molecule has 1 N–H and O–H groups in total. The van der Waals surface area contributed by atoms with Gasteiger partial charge in [0.05, 0.1) is 0 Å². The van der Waals surface area contributed by atoms with Crippen LogP contribution >= 0.6 is 0 Å². The number of carbonyl (C=O) groups is 1. The van der Waals surface area contributed by atoms with E-state index in [1.165, 1.54) is 6.08 Å². The Morgan fingerprint density at radius 3 is 2.44 bits per heavy atom. The van der Waals surface area contributed by atoms with Crippen LogP contribution in [0.2, 0.25) is 0 Å². The van der Waals surface area contributed by atoms with Gasteiger partial charge in [-0.2, -0.15) is 0 Å². The Labute approximate surface area is 105 Å². The second-order valence-corrected chi connectivity index (χ2v) is 1.22. The van der Waals surface area contributed by atoms with Crippen LogP contribution in [-0.2, 0) is 4.79 Å². The second kappa shape index (κ2) is 8.76. The van der Waals surface area contributed by atoms with Crippen LogP contribution in [0.15, 0.2) is 24.3 Å². The molecule has 0 saturated heterocycles. The fraction of sp³-hybridized carbons (Fsp3) is 0.167. The van der Waals surface area contributed by atoms with Crippen molar-refractivity contribution in [1.29, 1.82) is 0 Å². The molecule has 46 valence electrons. The Morgan fingerprint density at radius 1 is 1.56 bits per heavy atom. The summed E-state index contributed by atoms with van der Waals surface area (Å²) in [5.74, 6) is -0.914. The Bertz CT molecular complexity index is 132. The number of rotatable bonds is 2. The molecule has 0 spiro atoms. The van der Waals surface area contributed by atoms with Gasteiger partial charge in [0.25, 0.3) is 0 Å². The van der Waals surface area contributed by atoms with Gasteiger partial charge in [0.1, 0.15) is 0 Å². The van der Waals surface area contributed by atoms with Crippen molar-refractivity contribution >= 4 is 5.97 Å². The second-order valence-electron chi connectivity index (χ2n) is 1.22. The molecule has 0 amide bonds. The predicted molar refractivity (Wildman–Crippen MR) is 32.7 cm³/mol. The van der Waals surface area contributed by atoms with Gasteiger partial charge in [-0.05, 0) is 6.92 Å². The van der Waals surface area contributed by atoms with Gasteiger partial charge in [0.2, 0.25) is 0 Å². The number of aliphatic carboxylic acids is 1. The molecular formula is C6H9O2Rb. The smallest absolute Gasteiger partial charge is 1.00 e. The fourth-order valence-electron chi connectivity index (χ4n) is 0.249. The van der Waals surface area contributed by atoms with E-state index in [9.17, 15) is 4.79 Å². The van der Waals surface area contributed by atoms with Gasteiger partial charge < -0.3 is 6.53 Å². The summed E-state index contributed by atoms with van der Waals surface area (Å²) < 4.78 is 0. The van der Waals surface area contributed by atoms with Crippen molar-refractivity contribution in [1.82, 2.24) is 0 Å². The molecule has 0 aliphatic heterocycles. The number of allylic oxidation sites excluding steroid dienone is 3. The summed E-state index contributed by atoms with van der Waals surface area (Å²) in [7, 11) is 0. The maximum absolute atomic E-state index is 9.75. The molecule has 0 rings (SSSR count). The molecule has 0 aromatic rings. The largest absolute Gasteiger partial charge is 1.00 e. The van der Waals surface area contributed by atoms with Crippen LogP contribution in [0.1, 0.15) is 8.35 Å². The van der Waals surface area contributed by atoms with E-state index < -0.39 is 5.97 Å². The summed E-state index contributed by atoms with van der Waals surface area (Å²) in [5.41, 5.74) is 0. The van der Waals surface area contributed by atoms with Gasteiger partial charge in [-0.1, -0.05) is 18.2 Å². The number of carboxylic acids is 1. The van der Waals surface area contributed by atoms with E-state index in [-0.39, 0.29) is 59.6 Å². The predicted octanol–water partition coefficient (Wildman–Crippen LogP) is -1.68. The van der Waals surface area contributed by atoms with Crippen LogP contribution in [0.25, 0.3) is 0 Å². The van der Waals surface area contributed by atoms with E-state index in [1.54, 1.807) is 12.2 Å². The Balaban J connectivity index is -0.000000245. The zero-order chi connectivity index (χ0) is 6.41. The summed E-state index contributed by atoms with van der Waals surface area (Å²) >= 11 is 0. The van der Waals surface area contributed by atoms with E-state index in [0.717, 1.165) is 6.08 Å². The molecule has 0 aliphatic rings. The third-order valence-electron chi connectivity index (χ3n) is 0.542. The molecule has 0 atom stereocenters. The van der Waals surface area contributed by atoms with Crippen LogP contribution in [0.3, 0.4) is 0 Å². The number of hydrogen-bond acceptors (Lipinski definition) is 1. The van der Waals surface area contributed by atoms with Crippen molar-refractivity contribution in [3.05, 3.63) is 24.3 Å². The van der Waals surface area contributed by atoms with Crippen molar-refractivity contribution in [2.24, 2.45) is 0 Å². The van der Waals surface area contributed by atoms with Gasteiger partial charge in [0.15, 0.2) is 0 Å². The topological polar surface area (TPSA) is 37.3 Å². The summed E-state index contributed by atoms with van der Waals surface area (Å²) in [6.07, 6.45) is 5.98. The van der Waals surface area contributed by atoms with E-state index in [4.69, 9.17) is 5.11 Å². The number of hydrogen-bond donors (Lipinski definition) is 1. The summed E-state index contributed by atoms with van der Waals surface area (Å²) in [5, 5.41) is 8.02. The van der Waals surface area contributed by atoms with Crippen molar-refractivity contribution in [3.8, 4) is 0 Å². The Hall–Kier alpha value is 0.755. The van der Waals surface area contributed by atoms with Crippen molar-refractivity contribution in [2.75, 3.05) is 0 Å². The molecule has 9 heavy (non-hydrogen) atoms. The van der Waals surface area contributed by atoms with Gasteiger partial charge in [-0.25, -0.2) is 4.79 Å². The summed E-state index contributed by atoms with van der Waals surface area (Å²) in [4.78, 5) is 9.75. The first-order valence-corrected chi connectivity index (χ1v) is 2.29. The van der Waals surface area contributed by atoms with Crippen LogP contribution in [0, 0.1) is 0 Å². The maximum atomic E-state index is 9.75. The average molecular weight is 199 g/mol. The van der Waals surface area contributed by atoms with E-state index >= 15 is 0 Å². The van der Waals surface area contributed by atoms with Crippen molar-refractivity contribution < 1.29 is 69.5 Å². The van der Waals surface area contributed by atoms with Crippen LogP contribution in [0.5, 0.6) is 0 Å². The first-order chi connectivity index (χ1) is 3.77. The summed E-state index contributed by atoms with van der Waals surface area (Å²) in [6, 6.07) is 0. The van der Waals surface area contributed by atoms with Crippen LogP contribution in [0.4, 0.5) is 0 Å². The molecule has 0 aromatic heterocycles. The standard InChI is InChI=1S/C6H8O2.Rb.H/c1-2-3-4-5-6(7)8;;/h2-5H,1H3,(H,7,8);;/q;+1;-1. The molecular weight excluding hydrogens is 190 g/mol. The quantitative estimate of drug-likeness (QED) is 0.425. The van der Waals surface area contributed by atoms with Gasteiger partial charge in [0, 0.05) is 6.08 Å². The van der Waals surface area contributed by atoms with Gasteiger partial charge in [-0.15, -0.1) is 0 Å². The minimum atomic E-state index is -0.914. The zero-order valence-electron chi connectivity index (χ0n) is 6.66. The monoisotopic (exact) mass is 198 g/mol. The molecule has 0 aromatic carbocycles. The first-order valence-electron chi connectivity index (χ1n) is 2.29. The van der Waals surface area contributed by atoms with E-state index in [1.807, 2.05) is 6.92 Å². The summed E-state index contributed by atoms with van der Waals surface area (Å²) in [6.45, 7) is 1.83. The molecule has 2 nitrogen and oxygen atoms in total. The van der Waals surface area contributed by atoms with Crippen molar-refractivity contribution in [3.63, 3.8) is 0 Å². The third-order valence-corrected chi connectivity index (χ3v) is 0.542. The van der Waals surface area contributed by atoms with Gasteiger partial charge in [-0.3, -0.25) is 0 Å². The number of carboxylic acid groups (broad SMARTS) is 1. The molecule has 0 radical (unpaired) electrons. The molecule has 0 bridgehead atoms. The van der Waals surface area contributed by atoms with Crippen LogP contribution < -0.4 is 58.2 Å². The maximum Gasteiger partial charge on any atom is 1.00 e. The molecule has 0 fully saturated rings. The molecule has 0 saturated carbocycles. The minimum Gasteiger partial charge on any atom is -1.00 e. The Kier molecular flexibility index (Phi) is 12.1. The SMILES string of the molecule is CC=CC=CC(=O)O.[H-].[Rb+]. The van der Waals surface area contributed by atoms with Crippen LogP contribution in [-0.4, -0.2) is 11.1 Å². The third kappa shape index (κ3) is 12.1. The zero-order valence-corrected chi connectivity index (χ0v) is 10.6. The van der Waals surface area contributed by atoms with E-state index in [2.05, 4.69) is 0 Å². The molecule has 0 unspecified atom stereocenters. The average Bonchev–Trinajstić information content (AvgIpc) is 1.66. The molecule has 0 heterocycles. The van der Waals surface area contributed by atoms with Crippen molar-refractivity contribution in [2.45, 2.75) is 6.92 Å². The van der Waals surface area contributed by atoms with E-state index in [0.29, 0.717) is 0 Å². The minimum absolute atomic E-state index is 0. The van der Waals surface area contributed by atoms with Gasteiger partial charge >= 0.3 is 64.2 Å². The first kappa shape index (κ1) is 12.4. The molecule has 0 aliphatic carbocycles. The fourth-order valence-corrected chi connectivity index (χ4v) is 0.249. The normalized spacial score (nSPS) is 9.89. The molecule has 3 heteroatoms. The Morgan fingerprint density at radius 2 is 2.11 bits per heavy atom.